The van der Waals surface area contributed by atoms with Gasteiger partial charge in [-0.3, -0.25) is 14.7 Å². The van der Waals surface area contributed by atoms with Gasteiger partial charge in [0.1, 0.15) is 0 Å². The number of primary amides is 1. The maximum atomic E-state index is 11.1. The molecular formula is C19H29N5O. The van der Waals surface area contributed by atoms with Crippen LogP contribution in [0.5, 0.6) is 0 Å². The first kappa shape index (κ1) is 17.7. The summed E-state index contributed by atoms with van der Waals surface area (Å²) >= 11 is 0. The summed E-state index contributed by atoms with van der Waals surface area (Å²) in [6, 6.07) is 8.60. The molecule has 1 aromatic carbocycles. The van der Waals surface area contributed by atoms with Crippen LogP contribution in [-0.4, -0.2) is 49.0 Å². The Kier molecular flexibility index (Phi) is 5.91. The number of guanidine groups is 1. The molecule has 1 saturated heterocycles. The van der Waals surface area contributed by atoms with Gasteiger partial charge < -0.3 is 16.4 Å². The van der Waals surface area contributed by atoms with Crippen LogP contribution in [0.1, 0.15) is 48.0 Å². The molecule has 3 rings (SSSR count). The predicted octanol–water partition coefficient (Wildman–Crippen LogP) is 1.47. The molecule has 6 nitrogen and oxygen atoms in total. The van der Waals surface area contributed by atoms with Crippen molar-refractivity contribution in [1.29, 1.82) is 0 Å². The summed E-state index contributed by atoms with van der Waals surface area (Å²) in [5.74, 6) is 0.433. The number of hydrogen-bond donors (Lipinski definition) is 3. The van der Waals surface area contributed by atoms with Gasteiger partial charge in [-0.25, -0.2) is 0 Å². The molecule has 1 aliphatic heterocycles. The number of carbonyl (C=O) groups is 1. The van der Waals surface area contributed by atoms with Gasteiger partial charge in [-0.2, -0.15) is 0 Å². The summed E-state index contributed by atoms with van der Waals surface area (Å²) < 4.78 is 0. The molecule has 2 aliphatic rings. The van der Waals surface area contributed by atoms with Crippen LogP contribution in [0.4, 0.5) is 0 Å². The van der Waals surface area contributed by atoms with E-state index in [2.05, 4.69) is 20.5 Å². The van der Waals surface area contributed by atoms with E-state index in [9.17, 15) is 4.79 Å². The molecule has 136 valence electrons. The van der Waals surface area contributed by atoms with Crippen molar-refractivity contribution in [1.82, 2.24) is 15.5 Å². The van der Waals surface area contributed by atoms with Gasteiger partial charge in [-0.15, -0.1) is 0 Å². The Morgan fingerprint density at radius 3 is 2.60 bits per heavy atom. The van der Waals surface area contributed by atoms with E-state index in [-0.39, 0.29) is 0 Å². The second-order valence-corrected chi connectivity index (χ2v) is 7.05. The number of likely N-dealkylation sites (tertiary alicyclic amines) is 1. The van der Waals surface area contributed by atoms with Gasteiger partial charge in [0.05, 0.1) is 0 Å². The fourth-order valence-corrected chi connectivity index (χ4v) is 3.87. The largest absolute Gasteiger partial charge is 0.366 e. The Morgan fingerprint density at radius 2 is 1.96 bits per heavy atom. The number of nitrogens with one attached hydrogen (secondary N) is 2. The first-order chi connectivity index (χ1) is 12.2. The van der Waals surface area contributed by atoms with Gasteiger partial charge in [0.15, 0.2) is 5.96 Å². The van der Waals surface area contributed by atoms with E-state index < -0.39 is 5.91 Å². The Morgan fingerprint density at radius 1 is 1.24 bits per heavy atom. The second-order valence-electron chi connectivity index (χ2n) is 7.05. The Balaban J connectivity index is 1.46. The number of nitrogens with zero attached hydrogens (tertiary/aromatic N) is 2. The van der Waals surface area contributed by atoms with Gasteiger partial charge in [0.2, 0.25) is 5.91 Å². The number of rotatable bonds is 5. The average Bonchev–Trinajstić information content (AvgIpc) is 3.30. The lowest BCUT2D eigenvalue weighted by Crippen LogP contribution is -2.45. The zero-order chi connectivity index (χ0) is 17.6. The lowest BCUT2D eigenvalue weighted by Gasteiger charge is -2.24. The van der Waals surface area contributed by atoms with Crippen molar-refractivity contribution in [3.8, 4) is 0 Å². The number of amides is 1. The SMILES string of the molecule is CN=C(NCc1ccc(C(N)=O)cc1)NC1CCN(C2CCCC2)C1. The van der Waals surface area contributed by atoms with Gasteiger partial charge in [0.25, 0.3) is 0 Å². The van der Waals surface area contributed by atoms with Crippen molar-refractivity contribution in [2.24, 2.45) is 10.7 Å². The summed E-state index contributed by atoms with van der Waals surface area (Å²) in [6.07, 6.45) is 6.67. The summed E-state index contributed by atoms with van der Waals surface area (Å²) in [5, 5.41) is 6.89. The third kappa shape index (κ3) is 4.72. The summed E-state index contributed by atoms with van der Waals surface area (Å²) in [7, 11) is 1.80. The molecule has 0 aromatic heterocycles. The predicted molar refractivity (Wildman–Crippen MR) is 101 cm³/mol. The van der Waals surface area contributed by atoms with E-state index in [0.29, 0.717) is 18.2 Å². The lowest BCUT2D eigenvalue weighted by molar-refractivity contribution is 0.100. The van der Waals surface area contributed by atoms with E-state index in [1.807, 2.05) is 12.1 Å². The van der Waals surface area contributed by atoms with E-state index in [0.717, 1.165) is 24.1 Å². The highest BCUT2D eigenvalue weighted by atomic mass is 16.1. The van der Waals surface area contributed by atoms with Crippen molar-refractivity contribution in [3.05, 3.63) is 35.4 Å². The van der Waals surface area contributed by atoms with Gasteiger partial charge in [-0.05, 0) is 37.0 Å². The highest BCUT2D eigenvalue weighted by Crippen LogP contribution is 2.26. The monoisotopic (exact) mass is 343 g/mol. The molecule has 0 bridgehead atoms. The van der Waals surface area contributed by atoms with E-state index in [1.54, 1.807) is 19.2 Å². The van der Waals surface area contributed by atoms with Crippen LogP contribution in [0.2, 0.25) is 0 Å². The molecule has 1 amide bonds. The van der Waals surface area contributed by atoms with Crippen LogP contribution in [0.15, 0.2) is 29.3 Å². The van der Waals surface area contributed by atoms with Crippen LogP contribution < -0.4 is 16.4 Å². The average molecular weight is 343 g/mol. The number of nitrogens with two attached hydrogens (primary N) is 1. The summed E-state index contributed by atoms with van der Waals surface area (Å²) in [4.78, 5) is 18.1. The molecule has 2 fully saturated rings. The lowest BCUT2D eigenvalue weighted by atomic mass is 10.1. The van der Waals surface area contributed by atoms with Crippen molar-refractivity contribution >= 4 is 11.9 Å². The third-order valence-corrected chi connectivity index (χ3v) is 5.32. The summed E-state index contributed by atoms with van der Waals surface area (Å²) in [5.41, 5.74) is 6.89. The van der Waals surface area contributed by atoms with Gasteiger partial charge in [-0.1, -0.05) is 25.0 Å². The van der Waals surface area contributed by atoms with Crippen LogP contribution >= 0.6 is 0 Å². The fourth-order valence-electron chi connectivity index (χ4n) is 3.87. The smallest absolute Gasteiger partial charge is 0.248 e. The Labute approximate surface area is 149 Å². The molecule has 0 spiro atoms. The van der Waals surface area contributed by atoms with Gasteiger partial charge in [0, 0.05) is 44.3 Å². The van der Waals surface area contributed by atoms with Gasteiger partial charge >= 0.3 is 0 Å². The highest BCUT2D eigenvalue weighted by molar-refractivity contribution is 5.92. The van der Waals surface area contributed by atoms with Crippen molar-refractivity contribution < 1.29 is 4.79 Å². The standard InChI is InChI=1S/C19H29N5O/c1-21-19(22-12-14-6-8-15(9-7-14)18(20)25)23-16-10-11-24(13-16)17-4-2-3-5-17/h6-9,16-17H,2-5,10-13H2,1H3,(H2,20,25)(H2,21,22,23). The van der Waals surface area contributed by atoms with E-state index in [4.69, 9.17) is 5.73 Å². The number of carbonyl (C=O) groups excluding carboxylic acids is 1. The minimum atomic E-state index is -0.398. The number of benzene rings is 1. The zero-order valence-electron chi connectivity index (χ0n) is 15.0. The van der Waals surface area contributed by atoms with Crippen LogP contribution in [0, 0.1) is 0 Å². The van der Waals surface area contributed by atoms with E-state index >= 15 is 0 Å². The molecule has 1 atom stereocenters. The summed E-state index contributed by atoms with van der Waals surface area (Å²) in [6.45, 7) is 2.96. The normalized spacial score (nSPS) is 22.3. The number of hydrogen-bond acceptors (Lipinski definition) is 3. The van der Waals surface area contributed by atoms with Crippen molar-refractivity contribution in [3.63, 3.8) is 0 Å². The molecule has 6 heteroatoms. The highest BCUT2D eigenvalue weighted by Gasteiger charge is 2.30. The topological polar surface area (TPSA) is 82.7 Å². The molecule has 1 saturated carbocycles. The maximum Gasteiger partial charge on any atom is 0.248 e. The molecule has 1 aromatic rings. The molecule has 0 radical (unpaired) electrons. The molecular weight excluding hydrogens is 314 g/mol. The first-order valence-corrected chi connectivity index (χ1v) is 9.25. The number of aliphatic imine (C=N–C) groups is 1. The molecule has 1 aliphatic carbocycles. The van der Waals surface area contributed by atoms with Crippen molar-refractivity contribution in [2.45, 2.75) is 50.7 Å². The van der Waals surface area contributed by atoms with Crippen LogP contribution in [-0.2, 0) is 6.54 Å². The fraction of sp³-hybridized carbons (Fsp3) is 0.579. The van der Waals surface area contributed by atoms with Crippen LogP contribution in [0.25, 0.3) is 0 Å². The molecule has 4 N–H and O–H groups in total. The minimum absolute atomic E-state index is 0.398. The molecule has 1 heterocycles. The second kappa shape index (κ2) is 8.34. The molecule has 25 heavy (non-hydrogen) atoms. The Hall–Kier alpha value is -2.08. The third-order valence-electron chi connectivity index (χ3n) is 5.32. The zero-order valence-corrected chi connectivity index (χ0v) is 15.0. The minimum Gasteiger partial charge on any atom is -0.366 e. The molecule has 1 unspecified atom stereocenters. The quantitative estimate of drug-likeness (QED) is 0.558. The maximum absolute atomic E-state index is 11.1. The Bertz CT molecular complexity index is 607. The van der Waals surface area contributed by atoms with Crippen LogP contribution in [0.3, 0.4) is 0 Å². The van der Waals surface area contributed by atoms with Crippen molar-refractivity contribution in [2.75, 3.05) is 20.1 Å². The van der Waals surface area contributed by atoms with E-state index in [1.165, 1.54) is 38.6 Å². The first-order valence-electron chi connectivity index (χ1n) is 9.25.